The van der Waals surface area contributed by atoms with Crippen LogP contribution >= 0.6 is 11.6 Å². The van der Waals surface area contributed by atoms with Crippen molar-refractivity contribution >= 4 is 11.6 Å². The molecule has 7 heteroatoms. The van der Waals surface area contributed by atoms with Gasteiger partial charge in [-0.3, -0.25) is 0 Å². The highest BCUT2D eigenvalue weighted by Gasteiger charge is 2.31. The van der Waals surface area contributed by atoms with Gasteiger partial charge in [0.15, 0.2) is 0 Å². The number of nitriles is 1. The van der Waals surface area contributed by atoms with Crippen molar-refractivity contribution in [1.82, 2.24) is 0 Å². The van der Waals surface area contributed by atoms with Gasteiger partial charge in [-0.15, -0.1) is 13.2 Å². The largest absolute Gasteiger partial charge is 0.573 e. The molecule has 0 aliphatic heterocycles. The molecule has 0 unspecified atom stereocenters. The van der Waals surface area contributed by atoms with E-state index in [4.69, 9.17) is 16.9 Å². The van der Waals surface area contributed by atoms with Crippen molar-refractivity contribution in [3.8, 4) is 22.9 Å². The highest BCUT2D eigenvalue weighted by molar-refractivity contribution is 6.30. The van der Waals surface area contributed by atoms with Crippen LogP contribution in [0.3, 0.4) is 0 Å². The number of alkyl halides is 3. The maximum atomic E-state index is 13.8. The fraction of sp³-hybridized carbons (Fsp3) is 0.0714. The Balaban J connectivity index is 2.56. The molecule has 2 nitrogen and oxygen atoms in total. The maximum absolute atomic E-state index is 13.8. The van der Waals surface area contributed by atoms with E-state index in [2.05, 4.69) is 4.74 Å². The number of hydrogen-bond acceptors (Lipinski definition) is 2. The highest BCUT2D eigenvalue weighted by Crippen LogP contribution is 2.32. The molecule has 0 aliphatic carbocycles. The second-order valence-electron chi connectivity index (χ2n) is 4.03. The SMILES string of the molecule is N#Cc1cc(OC(F)(F)F)cc(-c2cc(Cl)ccc2F)c1. The topological polar surface area (TPSA) is 33.0 Å². The van der Waals surface area contributed by atoms with Gasteiger partial charge in [0.1, 0.15) is 11.6 Å². The molecule has 0 saturated carbocycles. The van der Waals surface area contributed by atoms with Gasteiger partial charge in [0.05, 0.1) is 11.6 Å². The van der Waals surface area contributed by atoms with Crippen LogP contribution in [-0.2, 0) is 0 Å². The molecular weight excluding hydrogens is 310 g/mol. The summed E-state index contributed by atoms with van der Waals surface area (Å²) in [5.41, 5.74) is -0.0500. The Bertz CT molecular complexity index is 722. The van der Waals surface area contributed by atoms with E-state index in [1.54, 1.807) is 6.07 Å². The summed E-state index contributed by atoms with van der Waals surface area (Å²) in [6.45, 7) is 0. The quantitative estimate of drug-likeness (QED) is 0.737. The summed E-state index contributed by atoms with van der Waals surface area (Å²) < 4.78 is 54.3. The Kier molecular flexibility index (Phi) is 4.05. The molecule has 0 bridgehead atoms. The van der Waals surface area contributed by atoms with Crippen LogP contribution in [0.4, 0.5) is 17.6 Å². The monoisotopic (exact) mass is 315 g/mol. The predicted octanol–water partition coefficient (Wildman–Crippen LogP) is 4.92. The first kappa shape index (κ1) is 15.1. The van der Waals surface area contributed by atoms with Gasteiger partial charge >= 0.3 is 6.36 Å². The van der Waals surface area contributed by atoms with E-state index in [-0.39, 0.29) is 21.7 Å². The fourth-order valence-electron chi connectivity index (χ4n) is 1.73. The lowest BCUT2D eigenvalue weighted by atomic mass is 10.0. The van der Waals surface area contributed by atoms with Crippen molar-refractivity contribution in [1.29, 1.82) is 5.26 Å². The van der Waals surface area contributed by atoms with E-state index in [9.17, 15) is 17.6 Å². The lowest BCUT2D eigenvalue weighted by molar-refractivity contribution is -0.274. The lowest BCUT2D eigenvalue weighted by Crippen LogP contribution is -2.17. The number of halogens is 5. The van der Waals surface area contributed by atoms with Crippen LogP contribution in [0.5, 0.6) is 5.75 Å². The van der Waals surface area contributed by atoms with Crippen LogP contribution in [0.1, 0.15) is 5.56 Å². The van der Waals surface area contributed by atoms with E-state index in [1.807, 2.05) is 0 Å². The first-order valence-electron chi connectivity index (χ1n) is 5.55. The zero-order chi connectivity index (χ0) is 15.6. The Labute approximate surface area is 122 Å². The fourth-order valence-corrected chi connectivity index (χ4v) is 1.90. The Hall–Kier alpha value is -2.26. The van der Waals surface area contributed by atoms with Gasteiger partial charge in [-0.25, -0.2) is 4.39 Å². The highest BCUT2D eigenvalue weighted by atomic mass is 35.5. The second-order valence-corrected chi connectivity index (χ2v) is 4.47. The minimum Gasteiger partial charge on any atom is -0.406 e. The number of benzene rings is 2. The minimum absolute atomic E-state index is 0.0216. The van der Waals surface area contributed by atoms with Crippen LogP contribution in [-0.4, -0.2) is 6.36 Å². The van der Waals surface area contributed by atoms with Crippen molar-refractivity contribution in [2.75, 3.05) is 0 Å². The molecular formula is C14H6ClF4NO. The first-order chi connectivity index (χ1) is 9.78. The lowest BCUT2D eigenvalue weighted by Gasteiger charge is -2.11. The van der Waals surface area contributed by atoms with Crippen molar-refractivity contribution in [2.24, 2.45) is 0 Å². The summed E-state index contributed by atoms with van der Waals surface area (Å²) in [5.74, 6) is -1.27. The zero-order valence-electron chi connectivity index (χ0n) is 10.2. The van der Waals surface area contributed by atoms with Crippen LogP contribution in [0.25, 0.3) is 11.1 Å². The molecule has 2 rings (SSSR count). The van der Waals surface area contributed by atoms with Gasteiger partial charge < -0.3 is 4.74 Å². The Morgan fingerprint density at radius 3 is 2.43 bits per heavy atom. The predicted molar refractivity (Wildman–Crippen MR) is 68.2 cm³/mol. The molecule has 0 spiro atoms. The van der Waals surface area contributed by atoms with Gasteiger partial charge in [-0.2, -0.15) is 5.26 Å². The van der Waals surface area contributed by atoms with Gasteiger partial charge in [0, 0.05) is 10.6 Å². The van der Waals surface area contributed by atoms with Crippen LogP contribution < -0.4 is 4.74 Å². The second kappa shape index (κ2) is 5.62. The summed E-state index contributed by atoms with van der Waals surface area (Å²) in [6, 6.07) is 8.49. The molecule has 2 aromatic rings. The molecule has 0 atom stereocenters. The van der Waals surface area contributed by atoms with E-state index in [1.165, 1.54) is 18.2 Å². The van der Waals surface area contributed by atoms with Crippen LogP contribution in [0, 0.1) is 17.1 Å². The molecule has 2 aromatic carbocycles. The molecule has 0 radical (unpaired) electrons. The number of ether oxygens (including phenoxy) is 1. The third-order valence-corrected chi connectivity index (χ3v) is 2.74. The molecule has 0 saturated heterocycles. The summed E-state index contributed by atoms with van der Waals surface area (Å²) in [4.78, 5) is 0. The number of rotatable bonds is 2. The smallest absolute Gasteiger partial charge is 0.406 e. The van der Waals surface area contributed by atoms with E-state index in [0.29, 0.717) is 0 Å². The molecule has 0 N–H and O–H groups in total. The molecule has 0 aromatic heterocycles. The van der Waals surface area contributed by atoms with Crippen LogP contribution in [0.15, 0.2) is 36.4 Å². The van der Waals surface area contributed by atoms with Crippen molar-refractivity contribution < 1.29 is 22.3 Å². The van der Waals surface area contributed by atoms with Crippen molar-refractivity contribution in [3.05, 3.63) is 52.8 Å². The average Bonchev–Trinajstić information content (AvgIpc) is 2.39. The standard InChI is InChI=1S/C14H6ClF4NO/c15-10-1-2-13(16)12(6-10)9-3-8(7-20)4-11(5-9)21-14(17,18)19/h1-6H. The molecule has 0 amide bonds. The van der Waals surface area contributed by atoms with Gasteiger partial charge in [-0.05, 0) is 42.0 Å². The maximum Gasteiger partial charge on any atom is 0.573 e. The Morgan fingerprint density at radius 1 is 1.10 bits per heavy atom. The normalized spacial score (nSPS) is 11.0. The molecule has 108 valence electrons. The summed E-state index contributed by atoms with van der Waals surface area (Å²) >= 11 is 5.74. The summed E-state index contributed by atoms with van der Waals surface area (Å²) in [5, 5.41) is 9.06. The number of hydrogen-bond donors (Lipinski definition) is 0. The molecule has 0 fully saturated rings. The average molecular weight is 316 g/mol. The van der Waals surface area contributed by atoms with E-state index >= 15 is 0 Å². The third-order valence-electron chi connectivity index (χ3n) is 2.51. The van der Waals surface area contributed by atoms with Gasteiger partial charge in [0.2, 0.25) is 0 Å². The molecule has 21 heavy (non-hydrogen) atoms. The zero-order valence-corrected chi connectivity index (χ0v) is 11.0. The number of nitrogens with zero attached hydrogens (tertiary/aromatic N) is 1. The Morgan fingerprint density at radius 2 is 1.81 bits per heavy atom. The van der Waals surface area contributed by atoms with E-state index < -0.39 is 17.9 Å². The van der Waals surface area contributed by atoms with Crippen molar-refractivity contribution in [2.45, 2.75) is 6.36 Å². The minimum atomic E-state index is -4.90. The van der Waals surface area contributed by atoms with Gasteiger partial charge in [-0.1, -0.05) is 11.6 Å². The van der Waals surface area contributed by atoms with Gasteiger partial charge in [0.25, 0.3) is 0 Å². The third kappa shape index (κ3) is 3.86. The van der Waals surface area contributed by atoms with Crippen molar-refractivity contribution in [3.63, 3.8) is 0 Å². The molecule has 0 aliphatic rings. The van der Waals surface area contributed by atoms with Crippen LogP contribution in [0.2, 0.25) is 5.02 Å². The summed E-state index contributed by atoms with van der Waals surface area (Å²) in [7, 11) is 0. The van der Waals surface area contributed by atoms with E-state index in [0.717, 1.165) is 18.2 Å². The molecule has 0 heterocycles. The first-order valence-corrected chi connectivity index (χ1v) is 5.92. The summed E-state index contributed by atoms with van der Waals surface area (Å²) in [6.07, 6.45) is -4.90.